The third kappa shape index (κ3) is 0.744. The van der Waals surface area contributed by atoms with Gasteiger partial charge >= 0.3 is 5.97 Å². The summed E-state index contributed by atoms with van der Waals surface area (Å²) in [5.41, 5.74) is -1.50. The summed E-state index contributed by atoms with van der Waals surface area (Å²) in [6.07, 6.45) is 2.97. The highest BCUT2D eigenvalue weighted by molar-refractivity contribution is 5.87. The summed E-state index contributed by atoms with van der Waals surface area (Å²) in [4.78, 5) is 11.3. The first-order valence-electron chi connectivity index (χ1n) is 4.22. The van der Waals surface area contributed by atoms with Gasteiger partial charge in [-0.3, -0.25) is 0 Å². The molecule has 0 spiro atoms. The summed E-state index contributed by atoms with van der Waals surface area (Å²) < 4.78 is 24.6. The molecule has 0 aromatic rings. The molecule has 0 saturated carbocycles. The molecular weight excluding hydrogens is 144 g/mol. The van der Waals surface area contributed by atoms with Gasteiger partial charge in [-0.2, -0.15) is 0 Å². The first-order valence-corrected chi connectivity index (χ1v) is 3.22. The van der Waals surface area contributed by atoms with Crippen molar-refractivity contribution in [3.8, 4) is 0 Å². The number of hydrogen-bond acceptors (Lipinski definition) is 3. The van der Waals surface area contributed by atoms with Gasteiger partial charge in [-0.05, 0) is 6.05 Å². The molecule has 1 aliphatic heterocycles. The van der Waals surface area contributed by atoms with E-state index in [9.17, 15) is 4.79 Å². The SMILES string of the molecule is [2H]C1=CC=CC2([2H])OC12C(=O)OC. The second-order valence-corrected chi connectivity index (χ2v) is 2.31. The van der Waals surface area contributed by atoms with E-state index in [1.54, 1.807) is 0 Å². The van der Waals surface area contributed by atoms with E-state index in [1.807, 2.05) is 0 Å². The second-order valence-electron chi connectivity index (χ2n) is 2.31. The lowest BCUT2D eigenvalue weighted by molar-refractivity contribution is -0.144. The molecular formula is C8H8O3. The Morgan fingerprint density at radius 2 is 2.73 bits per heavy atom. The molecule has 3 nitrogen and oxygen atoms in total. The Balaban J connectivity index is 2.41. The lowest BCUT2D eigenvalue weighted by Crippen LogP contribution is -2.26. The van der Waals surface area contributed by atoms with Crippen LogP contribution >= 0.6 is 0 Å². The average Bonchev–Trinajstić information content (AvgIpc) is 2.74. The molecule has 2 unspecified atom stereocenters. The molecule has 0 aromatic heterocycles. The maximum Gasteiger partial charge on any atom is 0.345 e. The number of allylic oxidation sites excluding steroid dienone is 2. The number of esters is 1. The van der Waals surface area contributed by atoms with Crippen molar-refractivity contribution >= 4 is 5.97 Å². The highest BCUT2D eigenvalue weighted by Gasteiger charge is 2.61. The highest BCUT2D eigenvalue weighted by atomic mass is 16.7. The van der Waals surface area contributed by atoms with Crippen LogP contribution < -0.4 is 0 Å². The Hall–Kier alpha value is -1.09. The van der Waals surface area contributed by atoms with Crippen LogP contribution in [0.4, 0.5) is 0 Å². The molecule has 2 rings (SSSR count). The Kier molecular flexibility index (Phi) is 0.837. The average molecular weight is 154 g/mol. The zero-order valence-corrected chi connectivity index (χ0v) is 5.96. The Morgan fingerprint density at radius 1 is 1.91 bits per heavy atom. The minimum Gasteiger partial charge on any atom is -0.467 e. The molecule has 11 heavy (non-hydrogen) atoms. The Morgan fingerprint density at radius 3 is 3.36 bits per heavy atom. The summed E-state index contributed by atoms with van der Waals surface area (Å²) in [7, 11) is 1.21. The fourth-order valence-electron chi connectivity index (χ4n) is 1.04. The largest absolute Gasteiger partial charge is 0.467 e. The normalized spacial score (nSPS) is 48.3. The van der Waals surface area contributed by atoms with Gasteiger partial charge in [0.2, 0.25) is 5.60 Å². The van der Waals surface area contributed by atoms with Crippen molar-refractivity contribution in [1.29, 1.82) is 0 Å². The lowest BCUT2D eigenvalue weighted by atomic mass is 10.0. The van der Waals surface area contributed by atoms with Crippen molar-refractivity contribution in [2.75, 3.05) is 7.11 Å². The van der Waals surface area contributed by atoms with Crippen molar-refractivity contribution in [3.05, 3.63) is 24.3 Å². The van der Waals surface area contributed by atoms with E-state index < -0.39 is 17.7 Å². The summed E-state index contributed by atoms with van der Waals surface area (Å²) in [5.74, 6) is -0.687. The summed E-state index contributed by atoms with van der Waals surface area (Å²) >= 11 is 0. The van der Waals surface area contributed by atoms with Gasteiger partial charge in [-0.1, -0.05) is 18.2 Å². The number of ether oxygens (including phenoxy) is 2. The van der Waals surface area contributed by atoms with Crippen molar-refractivity contribution in [2.45, 2.75) is 11.7 Å². The molecule has 0 bridgehead atoms. The number of rotatable bonds is 1. The minimum atomic E-state index is -1.50. The van der Waals surface area contributed by atoms with Gasteiger partial charge in [0, 0.05) is 0 Å². The molecule has 1 heterocycles. The van der Waals surface area contributed by atoms with Crippen LogP contribution in [-0.4, -0.2) is 24.8 Å². The second kappa shape index (κ2) is 1.95. The molecule has 0 aromatic carbocycles. The third-order valence-corrected chi connectivity index (χ3v) is 1.67. The summed E-state index contributed by atoms with van der Waals surface area (Å²) in [6, 6.07) is -0.0307. The van der Waals surface area contributed by atoms with Crippen molar-refractivity contribution in [1.82, 2.24) is 0 Å². The van der Waals surface area contributed by atoms with Crippen LogP contribution in [0, 0.1) is 0 Å². The van der Waals surface area contributed by atoms with Crippen molar-refractivity contribution < 1.29 is 17.0 Å². The third-order valence-electron chi connectivity index (χ3n) is 1.67. The van der Waals surface area contributed by atoms with Crippen LogP contribution in [0.1, 0.15) is 2.74 Å². The smallest absolute Gasteiger partial charge is 0.345 e. The maximum absolute atomic E-state index is 11.3. The molecule has 58 valence electrons. The van der Waals surface area contributed by atoms with Crippen molar-refractivity contribution in [2.24, 2.45) is 0 Å². The summed E-state index contributed by atoms with van der Waals surface area (Å²) in [5, 5.41) is 0. The number of carbonyl (C=O) groups is 1. The zero-order valence-electron chi connectivity index (χ0n) is 7.96. The monoisotopic (exact) mass is 154 g/mol. The molecule has 2 atom stereocenters. The Labute approximate surface area is 67.1 Å². The number of epoxide rings is 1. The van der Waals surface area contributed by atoms with E-state index >= 15 is 0 Å². The molecule has 3 heteroatoms. The molecule has 1 aliphatic carbocycles. The highest BCUT2D eigenvalue weighted by Crippen LogP contribution is 2.41. The molecule has 0 radical (unpaired) electrons. The summed E-state index contributed by atoms with van der Waals surface area (Å²) in [6.45, 7) is 0. The van der Waals surface area contributed by atoms with Crippen LogP contribution in [-0.2, 0) is 14.3 Å². The molecule has 0 amide bonds. The number of carbonyl (C=O) groups excluding carboxylic acids is 1. The molecule has 1 saturated heterocycles. The molecule has 1 fully saturated rings. The molecule has 2 aliphatic rings. The fraction of sp³-hybridized carbons (Fsp3) is 0.375. The zero-order chi connectivity index (χ0) is 9.69. The van der Waals surface area contributed by atoms with E-state index in [-0.39, 0.29) is 6.05 Å². The van der Waals surface area contributed by atoms with E-state index in [4.69, 9.17) is 7.48 Å². The first-order chi connectivity index (χ1) is 6.07. The standard InChI is InChI=1S/C8H8O3/c1-10-7(9)8-5-3-2-4-6(8)11-8/h2-6H,1H3/i5D,6D. The van der Waals surface area contributed by atoms with E-state index in [1.165, 1.54) is 25.3 Å². The maximum atomic E-state index is 11.3. The van der Waals surface area contributed by atoms with Gasteiger partial charge < -0.3 is 9.47 Å². The lowest BCUT2D eigenvalue weighted by Gasteiger charge is -2.04. The van der Waals surface area contributed by atoms with Crippen LogP contribution in [0.5, 0.6) is 0 Å². The first kappa shape index (κ1) is 4.72. The predicted octanol–water partition coefficient (Wildman–Crippen LogP) is 0.423. The van der Waals surface area contributed by atoms with Crippen molar-refractivity contribution in [3.63, 3.8) is 0 Å². The minimum absolute atomic E-state index is 0.0307. The van der Waals surface area contributed by atoms with Crippen LogP contribution in [0.25, 0.3) is 0 Å². The number of hydrogen-bond donors (Lipinski definition) is 0. The van der Waals surface area contributed by atoms with E-state index in [0.29, 0.717) is 0 Å². The fourth-order valence-corrected chi connectivity index (χ4v) is 1.04. The number of fused-ring (bicyclic) bond motifs is 1. The molecule has 0 N–H and O–H groups in total. The van der Waals surface area contributed by atoms with Crippen LogP contribution in [0.15, 0.2) is 24.3 Å². The van der Waals surface area contributed by atoms with Crippen LogP contribution in [0.2, 0.25) is 0 Å². The van der Waals surface area contributed by atoms with Crippen LogP contribution in [0.3, 0.4) is 0 Å². The van der Waals surface area contributed by atoms with E-state index in [2.05, 4.69) is 4.74 Å². The number of methoxy groups -OCH3 is 1. The van der Waals surface area contributed by atoms with E-state index in [0.717, 1.165) is 0 Å². The quantitative estimate of drug-likeness (QED) is 0.406. The van der Waals surface area contributed by atoms with Gasteiger partial charge in [0.05, 0.1) is 9.85 Å². The van der Waals surface area contributed by atoms with Gasteiger partial charge in [0.25, 0.3) is 0 Å². The van der Waals surface area contributed by atoms with Gasteiger partial charge in [-0.15, -0.1) is 0 Å². The topological polar surface area (TPSA) is 38.8 Å². The van der Waals surface area contributed by atoms with Gasteiger partial charge in [0.1, 0.15) is 6.08 Å². The van der Waals surface area contributed by atoms with Gasteiger partial charge in [0.15, 0.2) is 0 Å². The van der Waals surface area contributed by atoms with Gasteiger partial charge in [-0.25, -0.2) is 4.79 Å². The Bertz CT molecular complexity index is 336. The predicted molar refractivity (Wildman–Crippen MR) is 37.9 cm³/mol.